The molecule has 29 heavy (non-hydrogen) atoms. The van der Waals surface area contributed by atoms with Crippen molar-refractivity contribution in [3.05, 3.63) is 59.3 Å². The van der Waals surface area contributed by atoms with Crippen LogP contribution in [0.2, 0.25) is 0 Å². The summed E-state index contributed by atoms with van der Waals surface area (Å²) in [5, 5.41) is 15.3. The minimum Gasteiger partial charge on any atom is -0.548 e. The van der Waals surface area contributed by atoms with E-state index in [-0.39, 0.29) is 18.1 Å². The number of carbonyl (C=O) groups excluding carboxylic acids is 3. The van der Waals surface area contributed by atoms with Gasteiger partial charge in [0.25, 0.3) is 11.8 Å². The average molecular weight is 397 g/mol. The second-order valence-electron chi connectivity index (χ2n) is 5.88. The van der Waals surface area contributed by atoms with Crippen LogP contribution in [0.4, 0.5) is 0 Å². The van der Waals surface area contributed by atoms with Crippen molar-refractivity contribution in [3.63, 3.8) is 0 Å². The molecule has 3 rings (SSSR count). The summed E-state index contributed by atoms with van der Waals surface area (Å²) < 4.78 is 15.7. The molecule has 0 unspecified atom stereocenters. The Balaban J connectivity index is 1.89. The van der Waals surface area contributed by atoms with Crippen LogP contribution in [0.1, 0.15) is 15.9 Å². The number of rotatable bonds is 7. The van der Waals surface area contributed by atoms with Crippen molar-refractivity contribution < 1.29 is 33.7 Å². The number of nitrogens with one attached hydrogen (secondary N) is 2. The summed E-state index contributed by atoms with van der Waals surface area (Å²) >= 11 is 0. The molecular formula is C20H17N2O7-. The van der Waals surface area contributed by atoms with E-state index < -0.39 is 24.3 Å². The molecule has 2 aromatic carbocycles. The van der Waals surface area contributed by atoms with Gasteiger partial charge in [0.05, 0.1) is 25.2 Å². The predicted molar refractivity (Wildman–Crippen MR) is 99.0 cm³/mol. The molecule has 1 aliphatic heterocycles. The normalized spacial score (nSPS) is 12.2. The zero-order valence-electron chi connectivity index (χ0n) is 15.4. The minimum absolute atomic E-state index is 0.0893. The van der Waals surface area contributed by atoms with E-state index in [9.17, 15) is 19.5 Å². The van der Waals surface area contributed by atoms with Crippen molar-refractivity contribution >= 4 is 23.9 Å². The second kappa shape index (κ2) is 8.79. The van der Waals surface area contributed by atoms with Gasteiger partial charge >= 0.3 is 0 Å². The summed E-state index contributed by atoms with van der Waals surface area (Å²) in [5.74, 6) is -1.49. The lowest BCUT2D eigenvalue weighted by Gasteiger charge is -2.13. The van der Waals surface area contributed by atoms with Crippen LogP contribution in [0.3, 0.4) is 0 Å². The molecule has 0 aromatic heterocycles. The van der Waals surface area contributed by atoms with E-state index in [0.29, 0.717) is 22.8 Å². The summed E-state index contributed by atoms with van der Waals surface area (Å²) in [5.41, 5.74) is 0.577. The lowest BCUT2D eigenvalue weighted by Crippen LogP contribution is -2.41. The molecule has 0 saturated carbocycles. The van der Waals surface area contributed by atoms with Gasteiger partial charge in [-0.3, -0.25) is 9.59 Å². The highest BCUT2D eigenvalue weighted by atomic mass is 16.7. The van der Waals surface area contributed by atoms with E-state index in [1.165, 1.54) is 19.3 Å². The van der Waals surface area contributed by atoms with Gasteiger partial charge in [-0.2, -0.15) is 0 Å². The Hall–Kier alpha value is -4.01. The van der Waals surface area contributed by atoms with Crippen LogP contribution in [0.25, 0.3) is 6.08 Å². The topological polar surface area (TPSA) is 126 Å². The molecule has 2 N–H and O–H groups in total. The summed E-state index contributed by atoms with van der Waals surface area (Å²) in [6, 6.07) is 11.4. The Morgan fingerprint density at radius 2 is 1.90 bits per heavy atom. The predicted octanol–water partition coefficient (Wildman–Crippen LogP) is 0.0609. The minimum atomic E-state index is -1.46. The van der Waals surface area contributed by atoms with Gasteiger partial charge in [0.2, 0.25) is 6.79 Å². The quantitative estimate of drug-likeness (QED) is 0.633. The summed E-state index contributed by atoms with van der Waals surface area (Å²) in [4.78, 5) is 35.8. The highest BCUT2D eigenvalue weighted by molar-refractivity contribution is 6.06. The van der Waals surface area contributed by atoms with Gasteiger partial charge in [0, 0.05) is 0 Å². The molecule has 0 fully saturated rings. The van der Waals surface area contributed by atoms with Gasteiger partial charge in [-0.1, -0.05) is 18.2 Å². The molecule has 2 amide bonds. The van der Waals surface area contributed by atoms with Crippen LogP contribution in [0, 0.1) is 0 Å². The number of hydrogen-bond donors (Lipinski definition) is 2. The molecule has 0 radical (unpaired) electrons. The molecule has 0 bridgehead atoms. The van der Waals surface area contributed by atoms with Crippen LogP contribution in [-0.4, -0.2) is 38.2 Å². The molecule has 1 aliphatic rings. The summed E-state index contributed by atoms with van der Waals surface area (Å²) in [6.07, 6.45) is 1.39. The first-order chi connectivity index (χ1) is 14.0. The monoisotopic (exact) mass is 397 g/mol. The number of methoxy groups -OCH3 is 1. The molecule has 9 nitrogen and oxygen atoms in total. The van der Waals surface area contributed by atoms with E-state index in [4.69, 9.17) is 14.2 Å². The van der Waals surface area contributed by atoms with Gasteiger partial charge in [-0.15, -0.1) is 0 Å². The van der Waals surface area contributed by atoms with Gasteiger partial charge < -0.3 is 34.7 Å². The van der Waals surface area contributed by atoms with E-state index >= 15 is 0 Å². The standard InChI is InChI=1S/C20H18N2O7/c1-27-15-5-3-2-4-13(15)19(25)22-14(20(26)21-10-18(23)24)8-12-6-7-16-17(9-12)29-11-28-16/h2-9H,10-11H2,1H3,(H,21,26)(H,22,25)(H,23,24)/p-1/b14-8+. The number of carbonyl (C=O) groups is 3. The van der Waals surface area contributed by atoms with E-state index in [1.807, 2.05) is 0 Å². The SMILES string of the molecule is COc1ccccc1C(=O)N/C(=C/c1ccc2c(c1)OCO2)C(=O)NCC(=O)[O-]. The lowest BCUT2D eigenvalue weighted by molar-refractivity contribution is -0.303. The Kier molecular flexibility index (Phi) is 5.98. The highest BCUT2D eigenvalue weighted by Gasteiger charge is 2.18. The lowest BCUT2D eigenvalue weighted by atomic mass is 10.1. The van der Waals surface area contributed by atoms with Crippen molar-refractivity contribution in [2.75, 3.05) is 20.4 Å². The zero-order chi connectivity index (χ0) is 20.8. The number of aliphatic carboxylic acids is 1. The maximum Gasteiger partial charge on any atom is 0.268 e. The largest absolute Gasteiger partial charge is 0.548 e. The Morgan fingerprint density at radius 1 is 1.14 bits per heavy atom. The third-order valence-electron chi connectivity index (χ3n) is 3.95. The molecule has 0 atom stereocenters. The average Bonchev–Trinajstić information content (AvgIpc) is 3.19. The molecule has 2 aromatic rings. The van der Waals surface area contributed by atoms with E-state index in [2.05, 4.69) is 10.6 Å². The van der Waals surface area contributed by atoms with Crippen LogP contribution < -0.4 is 30.0 Å². The van der Waals surface area contributed by atoms with Gasteiger partial charge in [-0.05, 0) is 35.9 Å². The molecule has 0 spiro atoms. The van der Waals surface area contributed by atoms with Crippen LogP contribution in [0.5, 0.6) is 17.2 Å². The smallest absolute Gasteiger partial charge is 0.268 e. The number of para-hydroxylation sites is 1. The summed E-state index contributed by atoms with van der Waals surface area (Å²) in [6.45, 7) is -0.617. The van der Waals surface area contributed by atoms with E-state index in [0.717, 1.165) is 0 Å². The Bertz CT molecular complexity index is 985. The van der Waals surface area contributed by atoms with Crippen LogP contribution in [-0.2, 0) is 9.59 Å². The fourth-order valence-corrected chi connectivity index (χ4v) is 2.60. The van der Waals surface area contributed by atoms with Crippen molar-refractivity contribution in [1.82, 2.24) is 10.6 Å². The fourth-order valence-electron chi connectivity index (χ4n) is 2.60. The van der Waals surface area contributed by atoms with Gasteiger partial charge in [-0.25, -0.2) is 0 Å². The van der Waals surface area contributed by atoms with Crippen LogP contribution in [0.15, 0.2) is 48.2 Å². The number of fused-ring (bicyclic) bond motifs is 1. The maximum absolute atomic E-state index is 12.7. The first-order valence-electron chi connectivity index (χ1n) is 8.51. The molecule has 0 aliphatic carbocycles. The summed E-state index contributed by atoms with van der Waals surface area (Å²) in [7, 11) is 1.42. The second-order valence-corrected chi connectivity index (χ2v) is 5.88. The Labute approximate surface area is 165 Å². The van der Waals surface area contributed by atoms with Crippen molar-refractivity contribution in [2.24, 2.45) is 0 Å². The first-order valence-corrected chi connectivity index (χ1v) is 8.51. The first kappa shape index (κ1) is 19.7. The van der Waals surface area contributed by atoms with Crippen molar-refractivity contribution in [2.45, 2.75) is 0 Å². The molecule has 1 heterocycles. The van der Waals surface area contributed by atoms with Gasteiger partial charge in [0.15, 0.2) is 11.5 Å². The third kappa shape index (κ3) is 4.83. The number of carboxylic acids is 1. The Morgan fingerprint density at radius 3 is 2.66 bits per heavy atom. The molecule has 150 valence electrons. The van der Waals surface area contributed by atoms with Crippen molar-refractivity contribution in [3.8, 4) is 17.2 Å². The number of ether oxygens (including phenoxy) is 3. The molecular weight excluding hydrogens is 380 g/mol. The maximum atomic E-state index is 12.7. The number of benzene rings is 2. The zero-order valence-corrected chi connectivity index (χ0v) is 15.4. The number of hydrogen-bond acceptors (Lipinski definition) is 7. The van der Waals surface area contributed by atoms with Crippen molar-refractivity contribution in [1.29, 1.82) is 0 Å². The fraction of sp³-hybridized carbons (Fsp3) is 0.150. The number of amides is 2. The highest BCUT2D eigenvalue weighted by Crippen LogP contribution is 2.33. The molecule has 9 heteroatoms. The third-order valence-corrected chi connectivity index (χ3v) is 3.95. The van der Waals surface area contributed by atoms with Gasteiger partial charge in [0.1, 0.15) is 11.4 Å². The number of carboxylic acid groups (broad SMARTS) is 1. The molecule has 0 saturated heterocycles. The van der Waals surface area contributed by atoms with E-state index in [1.54, 1.807) is 36.4 Å². The van der Waals surface area contributed by atoms with Crippen LogP contribution >= 0.6 is 0 Å².